The predicted octanol–water partition coefficient (Wildman–Crippen LogP) is 5.09. The van der Waals surface area contributed by atoms with Gasteiger partial charge in [0.2, 0.25) is 6.29 Å². The van der Waals surface area contributed by atoms with E-state index in [1.165, 1.54) is 31.4 Å². The highest BCUT2D eigenvalue weighted by Crippen LogP contribution is 2.28. The van der Waals surface area contributed by atoms with Crippen LogP contribution in [0.2, 0.25) is 0 Å². The number of aliphatic hydroxyl groups is 1. The zero-order chi connectivity index (χ0) is 24.1. The molecule has 32 heavy (non-hydrogen) atoms. The van der Waals surface area contributed by atoms with Crippen LogP contribution in [-0.2, 0) is 19.1 Å². The Bertz CT molecular complexity index is 777. The molecular formula is C25H37NO6. The first kappa shape index (κ1) is 27.5. The summed E-state index contributed by atoms with van der Waals surface area (Å²) < 4.78 is 9.95. The van der Waals surface area contributed by atoms with Crippen molar-refractivity contribution in [2.75, 3.05) is 7.11 Å². The summed E-state index contributed by atoms with van der Waals surface area (Å²) >= 11 is 0. The Morgan fingerprint density at radius 1 is 1.25 bits per heavy atom. The standard InChI is InChI=1S/C25H37NO6/c1-6-7-8-11-17(2)13-14-19(4)23(28)22-20(27)16-21(32-24(22)29)18(3)12-9-10-15-26-25(30)31-5/h13-16,18,22,24,29H,6-12H2,1-5H3/b17-13?,19-14+,26-15?. The molecule has 1 amide bonds. The largest absolute Gasteiger partial charge is 0.468 e. The number of ether oxygens (including phenoxy) is 2. The van der Waals surface area contributed by atoms with Crippen LogP contribution in [0.25, 0.3) is 0 Å². The number of hydrogen-bond acceptors (Lipinski definition) is 6. The molecule has 0 aromatic heterocycles. The molecule has 0 bridgehead atoms. The van der Waals surface area contributed by atoms with Crippen molar-refractivity contribution in [1.29, 1.82) is 0 Å². The molecule has 1 heterocycles. The minimum Gasteiger partial charge on any atom is -0.468 e. The summed E-state index contributed by atoms with van der Waals surface area (Å²) in [6.07, 6.45) is 10.6. The van der Waals surface area contributed by atoms with E-state index in [-0.39, 0.29) is 5.92 Å². The number of allylic oxidation sites excluding steroid dienone is 6. The summed E-state index contributed by atoms with van der Waals surface area (Å²) in [5.41, 5.74) is 1.58. The van der Waals surface area contributed by atoms with Crippen LogP contribution < -0.4 is 0 Å². The van der Waals surface area contributed by atoms with Crippen LogP contribution >= 0.6 is 0 Å². The Balaban J connectivity index is 2.69. The number of hydrogen-bond donors (Lipinski definition) is 1. The summed E-state index contributed by atoms with van der Waals surface area (Å²) in [5, 5.41) is 10.4. The van der Waals surface area contributed by atoms with Crippen molar-refractivity contribution in [3.8, 4) is 0 Å². The van der Waals surface area contributed by atoms with Gasteiger partial charge >= 0.3 is 6.09 Å². The molecule has 3 unspecified atom stereocenters. The van der Waals surface area contributed by atoms with Gasteiger partial charge in [0.1, 0.15) is 11.7 Å². The Kier molecular flexibility index (Phi) is 12.5. The van der Waals surface area contributed by atoms with E-state index in [2.05, 4.69) is 16.7 Å². The topological polar surface area (TPSA) is 102 Å². The van der Waals surface area contributed by atoms with Crippen molar-refractivity contribution in [2.45, 2.75) is 78.9 Å². The SMILES string of the molecule is CCCCCC(C)=C/C=C(\C)C(=O)C1C(=O)C=C(C(C)CCCC=NC(=O)OC)OC1O. The lowest BCUT2D eigenvalue weighted by atomic mass is 9.89. The lowest BCUT2D eigenvalue weighted by Crippen LogP contribution is -2.40. The van der Waals surface area contributed by atoms with Gasteiger partial charge in [0.05, 0.1) is 7.11 Å². The highest BCUT2D eigenvalue weighted by molar-refractivity contribution is 6.14. The van der Waals surface area contributed by atoms with Crippen LogP contribution in [0.3, 0.4) is 0 Å². The third-order valence-electron chi connectivity index (χ3n) is 5.42. The number of aliphatic imine (C=N–C) groups is 1. The number of methoxy groups -OCH3 is 1. The van der Waals surface area contributed by atoms with Crippen molar-refractivity contribution in [3.05, 3.63) is 35.1 Å². The van der Waals surface area contributed by atoms with E-state index >= 15 is 0 Å². The first-order chi connectivity index (χ1) is 15.2. The maximum atomic E-state index is 12.8. The van der Waals surface area contributed by atoms with Gasteiger partial charge in [-0.25, -0.2) is 4.79 Å². The monoisotopic (exact) mass is 447 g/mol. The fourth-order valence-electron chi connectivity index (χ4n) is 3.31. The quantitative estimate of drug-likeness (QED) is 0.147. The number of rotatable bonds is 12. The molecule has 1 aliphatic heterocycles. The number of ketones is 2. The van der Waals surface area contributed by atoms with Gasteiger partial charge in [-0.15, -0.1) is 0 Å². The molecule has 0 fully saturated rings. The number of amides is 1. The van der Waals surface area contributed by atoms with Gasteiger partial charge in [-0.05, 0) is 51.5 Å². The number of aliphatic hydroxyl groups excluding tert-OH is 1. The van der Waals surface area contributed by atoms with Crippen molar-refractivity contribution < 1.29 is 29.0 Å². The molecule has 0 saturated heterocycles. The molecule has 0 aliphatic carbocycles. The fourth-order valence-corrected chi connectivity index (χ4v) is 3.31. The second kappa shape index (κ2) is 14.5. The summed E-state index contributed by atoms with van der Waals surface area (Å²) in [4.78, 5) is 39.9. The molecule has 1 rings (SSSR count). The number of carbonyl (C=O) groups excluding carboxylic acids is 3. The molecule has 3 atom stereocenters. The minimum atomic E-state index is -1.50. The van der Waals surface area contributed by atoms with Crippen molar-refractivity contribution in [1.82, 2.24) is 0 Å². The molecule has 0 radical (unpaired) electrons. The normalized spacial score (nSPS) is 20.7. The van der Waals surface area contributed by atoms with Gasteiger partial charge in [-0.2, -0.15) is 4.99 Å². The van der Waals surface area contributed by atoms with Crippen LogP contribution in [0.1, 0.15) is 72.6 Å². The molecule has 0 saturated carbocycles. The minimum absolute atomic E-state index is 0.124. The molecule has 0 aromatic carbocycles. The van der Waals surface area contributed by atoms with Gasteiger partial charge in [-0.3, -0.25) is 9.59 Å². The molecule has 7 heteroatoms. The first-order valence-corrected chi connectivity index (χ1v) is 11.3. The van der Waals surface area contributed by atoms with E-state index in [9.17, 15) is 19.5 Å². The van der Waals surface area contributed by atoms with Crippen LogP contribution in [-0.4, -0.2) is 42.4 Å². The third-order valence-corrected chi connectivity index (χ3v) is 5.42. The van der Waals surface area contributed by atoms with Gasteiger partial charge in [-0.1, -0.05) is 44.4 Å². The molecule has 178 valence electrons. The second-order valence-corrected chi connectivity index (χ2v) is 8.23. The average Bonchev–Trinajstić information content (AvgIpc) is 2.76. The number of nitrogens with zero attached hydrogens (tertiary/aromatic N) is 1. The van der Waals surface area contributed by atoms with E-state index < -0.39 is 29.9 Å². The van der Waals surface area contributed by atoms with E-state index in [0.29, 0.717) is 30.6 Å². The Hall–Kier alpha value is -2.54. The number of Topliss-reactive ketones (excluding diaryl/α,β-unsaturated/α-hetero) is 1. The van der Waals surface area contributed by atoms with Gasteiger partial charge in [0, 0.05) is 18.2 Å². The average molecular weight is 448 g/mol. The van der Waals surface area contributed by atoms with Gasteiger partial charge < -0.3 is 14.6 Å². The smallest absolute Gasteiger partial charge is 0.432 e. The maximum Gasteiger partial charge on any atom is 0.432 e. The summed E-state index contributed by atoms with van der Waals surface area (Å²) in [6.45, 7) is 7.70. The Morgan fingerprint density at radius 3 is 2.59 bits per heavy atom. The Labute approximate surface area is 191 Å². The van der Waals surface area contributed by atoms with Crippen LogP contribution in [0, 0.1) is 11.8 Å². The molecule has 1 aliphatic rings. The predicted molar refractivity (Wildman–Crippen MR) is 124 cm³/mol. The number of carbonyl (C=O) groups is 3. The van der Waals surface area contributed by atoms with E-state index in [4.69, 9.17) is 4.74 Å². The van der Waals surface area contributed by atoms with Gasteiger partial charge in [0.15, 0.2) is 11.6 Å². The van der Waals surface area contributed by atoms with Crippen LogP contribution in [0.4, 0.5) is 4.79 Å². The maximum absolute atomic E-state index is 12.8. The molecular weight excluding hydrogens is 410 g/mol. The zero-order valence-corrected chi connectivity index (χ0v) is 19.9. The van der Waals surface area contributed by atoms with E-state index in [1.54, 1.807) is 13.0 Å². The lowest BCUT2D eigenvalue weighted by molar-refractivity contribution is -0.156. The lowest BCUT2D eigenvalue weighted by Gasteiger charge is -2.29. The van der Waals surface area contributed by atoms with Gasteiger partial charge in [0.25, 0.3) is 0 Å². The third kappa shape index (κ3) is 9.30. The zero-order valence-electron chi connectivity index (χ0n) is 19.9. The van der Waals surface area contributed by atoms with Crippen molar-refractivity contribution in [2.24, 2.45) is 16.8 Å². The summed E-state index contributed by atoms with van der Waals surface area (Å²) in [5.74, 6) is -1.88. The highest BCUT2D eigenvalue weighted by atomic mass is 16.6. The van der Waals surface area contributed by atoms with Crippen LogP contribution in [0.5, 0.6) is 0 Å². The van der Waals surface area contributed by atoms with Crippen molar-refractivity contribution >= 4 is 23.9 Å². The highest BCUT2D eigenvalue weighted by Gasteiger charge is 2.39. The van der Waals surface area contributed by atoms with Crippen molar-refractivity contribution in [3.63, 3.8) is 0 Å². The first-order valence-electron chi connectivity index (χ1n) is 11.3. The molecule has 0 aromatic rings. The second-order valence-electron chi connectivity index (χ2n) is 8.23. The Morgan fingerprint density at radius 2 is 1.97 bits per heavy atom. The van der Waals surface area contributed by atoms with E-state index in [0.717, 1.165) is 19.3 Å². The summed E-state index contributed by atoms with van der Waals surface area (Å²) in [7, 11) is 1.26. The van der Waals surface area contributed by atoms with Crippen LogP contribution in [0.15, 0.2) is 40.1 Å². The summed E-state index contributed by atoms with van der Waals surface area (Å²) in [6, 6.07) is 0. The fraction of sp³-hybridized carbons (Fsp3) is 0.600. The number of unbranched alkanes of at least 4 members (excludes halogenated alkanes) is 3. The molecule has 0 spiro atoms. The molecule has 7 nitrogen and oxygen atoms in total. The van der Waals surface area contributed by atoms with E-state index in [1.807, 2.05) is 19.9 Å². The molecule has 1 N–H and O–H groups in total.